The summed E-state index contributed by atoms with van der Waals surface area (Å²) in [6.45, 7) is 8.95. The molecule has 25 heavy (non-hydrogen) atoms. The first-order chi connectivity index (χ1) is 12.2. The predicted molar refractivity (Wildman–Crippen MR) is 98.0 cm³/mol. The van der Waals surface area contributed by atoms with E-state index in [1.54, 1.807) is 0 Å². The van der Waals surface area contributed by atoms with Gasteiger partial charge < -0.3 is 9.26 Å². The lowest BCUT2D eigenvalue weighted by atomic mass is 10.0. The molecule has 4 nitrogen and oxygen atoms in total. The molecule has 0 N–H and O–H groups in total. The Hall–Kier alpha value is -1.81. The van der Waals surface area contributed by atoms with Crippen molar-refractivity contribution in [2.24, 2.45) is 0 Å². The summed E-state index contributed by atoms with van der Waals surface area (Å²) in [5.74, 6) is 2.04. The average molecular weight is 340 g/mol. The molecule has 4 heteroatoms. The summed E-state index contributed by atoms with van der Waals surface area (Å²) >= 11 is 0. The van der Waals surface area contributed by atoms with Gasteiger partial charge in [-0.1, -0.05) is 11.2 Å². The fourth-order valence-electron chi connectivity index (χ4n) is 4.59. The zero-order chi connectivity index (χ0) is 17.4. The SMILES string of the molecule is CCOc1cc2c(cc1CN1CCC[C@@H]1c1c(C)noc1C)CCC2. The van der Waals surface area contributed by atoms with Crippen LogP contribution >= 0.6 is 0 Å². The van der Waals surface area contributed by atoms with E-state index in [0.717, 1.165) is 36.9 Å². The number of ether oxygens (including phenoxy) is 1. The quantitative estimate of drug-likeness (QED) is 0.802. The molecule has 0 bridgehead atoms. The second-order valence-electron chi connectivity index (χ2n) is 7.38. The Labute approximate surface area is 150 Å². The first-order valence-electron chi connectivity index (χ1n) is 9.61. The Morgan fingerprint density at radius 3 is 2.72 bits per heavy atom. The Morgan fingerprint density at radius 1 is 1.20 bits per heavy atom. The number of nitrogens with zero attached hydrogens (tertiary/aromatic N) is 2. The first kappa shape index (κ1) is 16.6. The van der Waals surface area contributed by atoms with Crippen molar-refractivity contribution in [1.29, 1.82) is 0 Å². The minimum Gasteiger partial charge on any atom is -0.494 e. The van der Waals surface area contributed by atoms with Crippen molar-refractivity contribution in [3.63, 3.8) is 0 Å². The lowest BCUT2D eigenvalue weighted by Crippen LogP contribution is -2.24. The molecule has 1 atom stereocenters. The molecule has 1 aromatic heterocycles. The van der Waals surface area contributed by atoms with Crippen molar-refractivity contribution in [3.8, 4) is 5.75 Å². The van der Waals surface area contributed by atoms with Crippen LogP contribution in [-0.2, 0) is 19.4 Å². The van der Waals surface area contributed by atoms with E-state index < -0.39 is 0 Å². The molecular weight excluding hydrogens is 312 g/mol. The van der Waals surface area contributed by atoms with Gasteiger partial charge >= 0.3 is 0 Å². The van der Waals surface area contributed by atoms with Gasteiger partial charge in [0.1, 0.15) is 11.5 Å². The van der Waals surface area contributed by atoms with Crippen LogP contribution in [0.25, 0.3) is 0 Å². The number of likely N-dealkylation sites (tertiary alicyclic amines) is 1. The zero-order valence-corrected chi connectivity index (χ0v) is 15.6. The van der Waals surface area contributed by atoms with E-state index >= 15 is 0 Å². The molecule has 1 aliphatic heterocycles. The first-order valence-corrected chi connectivity index (χ1v) is 9.61. The van der Waals surface area contributed by atoms with E-state index in [4.69, 9.17) is 9.26 Å². The number of hydrogen-bond donors (Lipinski definition) is 0. The van der Waals surface area contributed by atoms with Crippen LogP contribution in [0.1, 0.15) is 65.9 Å². The average Bonchev–Trinajstić information content (AvgIpc) is 3.29. The monoisotopic (exact) mass is 340 g/mol. The zero-order valence-electron chi connectivity index (χ0n) is 15.6. The third kappa shape index (κ3) is 3.08. The van der Waals surface area contributed by atoms with Crippen LogP contribution in [0.4, 0.5) is 0 Å². The summed E-state index contributed by atoms with van der Waals surface area (Å²) < 4.78 is 11.4. The van der Waals surface area contributed by atoms with Gasteiger partial charge in [-0.2, -0.15) is 0 Å². The van der Waals surface area contributed by atoms with E-state index in [0.29, 0.717) is 6.04 Å². The van der Waals surface area contributed by atoms with Crippen LogP contribution in [0, 0.1) is 13.8 Å². The Bertz CT molecular complexity index is 746. The Morgan fingerprint density at radius 2 is 2.00 bits per heavy atom. The number of aromatic nitrogens is 1. The summed E-state index contributed by atoms with van der Waals surface area (Å²) in [5.41, 5.74) is 6.66. The number of hydrogen-bond acceptors (Lipinski definition) is 4. The Kier molecular flexibility index (Phi) is 4.55. The van der Waals surface area contributed by atoms with Gasteiger partial charge in [0.05, 0.1) is 12.3 Å². The molecule has 1 aliphatic carbocycles. The van der Waals surface area contributed by atoms with E-state index in [9.17, 15) is 0 Å². The summed E-state index contributed by atoms with van der Waals surface area (Å²) in [4.78, 5) is 2.58. The molecule has 2 heterocycles. The van der Waals surface area contributed by atoms with Crippen LogP contribution in [0.15, 0.2) is 16.7 Å². The predicted octanol–water partition coefficient (Wildman–Crippen LogP) is 4.52. The van der Waals surface area contributed by atoms with Crippen LogP contribution in [0.2, 0.25) is 0 Å². The minimum absolute atomic E-state index is 0.411. The van der Waals surface area contributed by atoms with Gasteiger partial charge in [0.2, 0.25) is 0 Å². The molecule has 1 aromatic carbocycles. The standard InChI is InChI=1S/C21H28N2O2/c1-4-24-20-12-17-8-5-7-16(17)11-18(20)13-23-10-6-9-19(23)21-14(2)22-25-15(21)3/h11-12,19H,4-10,13H2,1-3H3/t19-/m1/s1. The number of fused-ring (bicyclic) bond motifs is 1. The van der Waals surface area contributed by atoms with Crippen molar-refractivity contribution in [1.82, 2.24) is 10.1 Å². The van der Waals surface area contributed by atoms with E-state index in [2.05, 4.69) is 36.0 Å². The Balaban J connectivity index is 1.63. The fraction of sp³-hybridized carbons (Fsp3) is 0.571. The molecular formula is C21H28N2O2. The second-order valence-corrected chi connectivity index (χ2v) is 7.38. The third-order valence-corrected chi connectivity index (χ3v) is 5.73. The lowest BCUT2D eigenvalue weighted by Gasteiger charge is -2.26. The normalized spacial score (nSPS) is 20.2. The van der Waals surface area contributed by atoms with Crippen molar-refractivity contribution >= 4 is 0 Å². The third-order valence-electron chi connectivity index (χ3n) is 5.73. The van der Waals surface area contributed by atoms with Gasteiger partial charge in [-0.3, -0.25) is 4.90 Å². The maximum absolute atomic E-state index is 5.99. The maximum Gasteiger partial charge on any atom is 0.138 e. The van der Waals surface area contributed by atoms with Gasteiger partial charge in [-0.15, -0.1) is 0 Å². The van der Waals surface area contributed by atoms with Gasteiger partial charge in [-0.25, -0.2) is 0 Å². The fourth-order valence-corrected chi connectivity index (χ4v) is 4.59. The highest BCUT2D eigenvalue weighted by atomic mass is 16.5. The summed E-state index contributed by atoms with van der Waals surface area (Å²) in [5, 5.41) is 4.17. The van der Waals surface area contributed by atoms with Crippen molar-refractivity contribution < 1.29 is 9.26 Å². The van der Waals surface area contributed by atoms with E-state index in [1.807, 2.05) is 6.92 Å². The van der Waals surface area contributed by atoms with Gasteiger partial charge in [0.25, 0.3) is 0 Å². The van der Waals surface area contributed by atoms with Gasteiger partial charge in [0, 0.05) is 23.7 Å². The van der Waals surface area contributed by atoms with Crippen molar-refractivity contribution in [2.75, 3.05) is 13.2 Å². The topological polar surface area (TPSA) is 38.5 Å². The van der Waals surface area contributed by atoms with Crippen LogP contribution in [-0.4, -0.2) is 23.2 Å². The number of benzene rings is 1. The highest BCUT2D eigenvalue weighted by Crippen LogP contribution is 2.38. The van der Waals surface area contributed by atoms with Crippen LogP contribution in [0.5, 0.6) is 5.75 Å². The smallest absolute Gasteiger partial charge is 0.138 e. The van der Waals surface area contributed by atoms with Crippen molar-refractivity contribution in [2.45, 2.75) is 65.5 Å². The summed E-state index contributed by atoms with van der Waals surface area (Å²) in [7, 11) is 0. The number of aryl methyl sites for hydroxylation is 4. The van der Waals surface area contributed by atoms with E-state index in [1.165, 1.54) is 54.4 Å². The number of rotatable bonds is 5. The van der Waals surface area contributed by atoms with Crippen LogP contribution < -0.4 is 4.74 Å². The molecule has 0 spiro atoms. The maximum atomic E-state index is 5.99. The molecule has 0 saturated carbocycles. The highest BCUT2D eigenvalue weighted by Gasteiger charge is 2.31. The van der Waals surface area contributed by atoms with Crippen LogP contribution in [0.3, 0.4) is 0 Å². The molecule has 134 valence electrons. The summed E-state index contributed by atoms with van der Waals surface area (Å²) in [6, 6.07) is 5.10. The lowest BCUT2D eigenvalue weighted by molar-refractivity contribution is 0.239. The van der Waals surface area contributed by atoms with E-state index in [-0.39, 0.29) is 0 Å². The molecule has 1 fully saturated rings. The molecule has 0 amide bonds. The largest absolute Gasteiger partial charge is 0.494 e. The molecule has 4 rings (SSSR count). The minimum atomic E-state index is 0.411. The van der Waals surface area contributed by atoms with Crippen molar-refractivity contribution in [3.05, 3.63) is 45.8 Å². The molecule has 2 aromatic rings. The van der Waals surface area contributed by atoms with Gasteiger partial charge in [0.15, 0.2) is 0 Å². The molecule has 0 unspecified atom stereocenters. The highest BCUT2D eigenvalue weighted by molar-refractivity contribution is 5.45. The summed E-state index contributed by atoms with van der Waals surface area (Å²) in [6.07, 6.45) is 6.08. The molecule has 1 saturated heterocycles. The second kappa shape index (κ2) is 6.83. The van der Waals surface area contributed by atoms with Gasteiger partial charge in [-0.05, 0) is 76.6 Å². The molecule has 2 aliphatic rings. The molecule has 0 radical (unpaired) electrons.